The first-order chi connectivity index (χ1) is 9.66. The van der Waals surface area contributed by atoms with Gasteiger partial charge in [-0.15, -0.1) is 0 Å². The van der Waals surface area contributed by atoms with E-state index in [0.29, 0.717) is 11.5 Å². The van der Waals surface area contributed by atoms with Crippen molar-refractivity contribution in [2.24, 2.45) is 5.73 Å². The quantitative estimate of drug-likeness (QED) is 0.799. The average molecular weight is 286 g/mol. The second-order valence-electron chi connectivity index (χ2n) is 4.69. The summed E-state index contributed by atoms with van der Waals surface area (Å²) in [6.07, 6.45) is 5.23. The van der Waals surface area contributed by atoms with Crippen LogP contribution < -0.4 is 11.1 Å². The highest BCUT2D eigenvalue weighted by Gasteiger charge is 2.10. The first kappa shape index (κ1) is 14.4. The molecule has 20 heavy (non-hydrogen) atoms. The molecule has 0 bridgehead atoms. The predicted octanol–water partition coefficient (Wildman–Crippen LogP) is 2.54. The van der Waals surface area contributed by atoms with Gasteiger partial charge in [0.1, 0.15) is 10.7 Å². The number of nitrogens with two attached hydrogens (primary N) is 1. The van der Waals surface area contributed by atoms with Crippen LogP contribution in [0.15, 0.2) is 42.7 Å². The molecular formula is C15H18N4S. The lowest BCUT2D eigenvalue weighted by molar-refractivity contribution is 0.702. The maximum Gasteiger partial charge on any atom is 0.155 e. The van der Waals surface area contributed by atoms with Gasteiger partial charge in [0.15, 0.2) is 5.82 Å². The van der Waals surface area contributed by atoms with E-state index >= 15 is 0 Å². The minimum Gasteiger partial charge on any atom is -0.388 e. The van der Waals surface area contributed by atoms with E-state index in [1.807, 2.05) is 6.07 Å². The minimum atomic E-state index is 0.260. The summed E-state index contributed by atoms with van der Waals surface area (Å²) < 4.78 is 0. The third kappa shape index (κ3) is 3.99. The standard InChI is InChI=1S/C15H18N4S/c1-11(7-8-12-5-3-2-4-6-12)19-15-13(14(16)20)17-9-10-18-15/h2-6,9-11H,7-8H2,1H3,(H2,16,20)(H,18,19). The topological polar surface area (TPSA) is 63.8 Å². The van der Waals surface area contributed by atoms with Crippen LogP contribution in [0.5, 0.6) is 0 Å². The zero-order valence-electron chi connectivity index (χ0n) is 11.4. The fraction of sp³-hybridized carbons (Fsp3) is 0.267. The largest absolute Gasteiger partial charge is 0.388 e. The SMILES string of the molecule is CC(CCc1ccccc1)Nc1nccnc1C(N)=S. The monoisotopic (exact) mass is 286 g/mol. The summed E-state index contributed by atoms with van der Waals surface area (Å²) in [5.41, 5.74) is 7.52. The van der Waals surface area contributed by atoms with Crippen LogP contribution in [0.3, 0.4) is 0 Å². The molecule has 1 aromatic carbocycles. The Morgan fingerprint density at radius 1 is 1.25 bits per heavy atom. The van der Waals surface area contributed by atoms with Crippen molar-refractivity contribution in [2.75, 3.05) is 5.32 Å². The molecule has 2 rings (SSSR count). The highest BCUT2D eigenvalue weighted by atomic mass is 32.1. The Hall–Kier alpha value is -2.01. The molecule has 1 atom stereocenters. The lowest BCUT2D eigenvalue weighted by atomic mass is 10.1. The minimum absolute atomic E-state index is 0.260. The van der Waals surface area contributed by atoms with Crippen molar-refractivity contribution < 1.29 is 0 Å². The summed E-state index contributed by atoms with van der Waals surface area (Å²) in [6, 6.07) is 10.7. The molecule has 4 nitrogen and oxygen atoms in total. The number of hydrogen-bond donors (Lipinski definition) is 2. The zero-order chi connectivity index (χ0) is 14.4. The van der Waals surface area contributed by atoms with Crippen molar-refractivity contribution in [3.63, 3.8) is 0 Å². The van der Waals surface area contributed by atoms with Crippen LogP contribution in [0.4, 0.5) is 5.82 Å². The van der Waals surface area contributed by atoms with Gasteiger partial charge in [0.05, 0.1) is 0 Å². The molecule has 0 aliphatic carbocycles. The molecule has 1 aromatic heterocycles. The third-order valence-electron chi connectivity index (χ3n) is 3.02. The molecule has 0 saturated carbocycles. The highest BCUT2D eigenvalue weighted by Crippen LogP contribution is 2.12. The Bertz CT molecular complexity index is 571. The van der Waals surface area contributed by atoms with Gasteiger partial charge in [0.25, 0.3) is 0 Å². The molecule has 5 heteroatoms. The molecule has 0 saturated heterocycles. The van der Waals surface area contributed by atoms with Gasteiger partial charge in [-0.25, -0.2) is 9.97 Å². The number of nitrogens with zero attached hydrogens (tertiary/aromatic N) is 2. The van der Waals surface area contributed by atoms with Gasteiger partial charge in [-0.2, -0.15) is 0 Å². The van der Waals surface area contributed by atoms with E-state index < -0.39 is 0 Å². The van der Waals surface area contributed by atoms with Gasteiger partial charge in [0.2, 0.25) is 0 Å². The van der Waals surface area contributed by atoms with Gasteiger partial charge >= 0.3 is 0 Å². The molecule has 104 valence electrons. The molecule has 0 amide bonds. The van der Waals surface area contributed by atoms with Crippen LogP contribution in [-0.2, 0) is 6.42 Å². The number of nitrogens with one attached hydrogen (secondary N) is 1. The van der Waals surface area contributed by atoms with Gasteiger partial charge in [-0.05, 0) is 25.3 Å². The number of rotatable bonds is 6. The number of anilines is 1. The molecule has 2 aromatic rings. The number of thiocarbonyl (C=S) groups is 1. The molecule has 0 aliphatic heterocycles. The molecule has 0 aliphatic rings. The van der Waals surface area contributed by atoms with E-state index in [2.05, 4.69) is 46.5 Å². The molecular weight excluding hydrogens is 268 g/mol. The normalized spacial score (nSPS) is 11.8. The number of aryl methyl sites for hydroxylation is 1. The number of benzene rings is 1. The van der Waals surface area contributed by atoms with E-state index in [0.717, 1.165) is 12.8 Å². The maximum absolute atomic E-state index is 5.64. The van der Waals surface area contributed by atoms with Crippen LogP contribution in [0.25, 0.3) is 0 Å². The van der Waals surface area contributed by atoms with Crippen LogP contribution in [-0.4, -0.2) is 21.0 Å². The molecule has 1 heterocycles. The van der Waals surface area contributed by atoms with E-state index in [9.17, 15) is 0 Å². The van der Waals surface area contributed by atoms with Crippen LogP contribution >= 0.6 is 12.2 Å². The molecule has 0 fully saturated rings. The number of hydrogen-bond acceptors (Lipinski definition) is 4. The van der Waals surface area contributed by atoms with E-state index in [1.54, 1.807) is 12.4 Å². The summed E-state index contributed by atoms with van der Waals surface area (Å²) in [4.78, 5) is 8.67. The molecule has 0 spiro atoms. The van der Waals surface area contributed by atoms with E-state index in [-0.39, 0.29) is 11.0 Å². The Kier molecular flexibility index (Phi) is 5.01. The molecule has 0 radical (unpaired) electrons. The Balaban J connectivity index is 1.95. The summed E-state index contributed by atoms with van der Waals surface area (Å²) in [7, 11) is 0. The molecule has 3 N–H and O–H groups in total. The van der Waals surface area contributed by atoms with Crippen molar-refractivity contribution in [3.8, 4) is 0 Å². The van der Waals surface area contributed by atoms with Crippen molar-refractivity contribution in [1.29, 1.82) is 0 Å². The van der Waals surface area contributed by atoms with Crippen molar-refractivity contribution in [2.45, 2.75) is 25.8 Å². The predicted molar refractivity (Wildman–Crippen MR) is 85.8 cm³/mol. The van der Waals surface area contributed by atoms with Crippen LogP contribution in [0.1, 0.15) is 24.6 Å². The summed E-state index contributed by atoms with van der Waals surface area (Å²) in [5, 5.41) is 3.32. The first-order valence-electron chi connectivity index (χ1n) is 6.58. The third-order valence-corrected chi connectivity index (χ3v) is 3.22. The Morgan fingerprint density at radius 2 is 1.95 bits per heavy atom. The average Bonchev–Trinajstić information content (AvgIpc) is 2.46. The lowest BCUT2D eigenvalue weighted by Gasteiger charge is -2.16. The highest BCUT2D eigenvalue weighted by molar-refractivity contribution is 7.80. The summed E-state index contributed by atoms with van der Waals surface area (Å²) in [5.74, 6) is 0.653. The lowest BCUT2D eigenvalue weighted by Crippen LogP contribution is -2.22. The van der Waals surface area contributed by atoms with Crippen LogP contribution in [0.2, 0.25) is 0 Å². The Labute approximate surface area is 124 Å². The van der Waals surface area contributed by atoms with Gasteiger partial charge < -0.3 is 11.1 Å². The number of aromatic nitrogens is 2. The van der Waals surface area contributed by atoms with Crippen molar-refractivity contribution in [3.05, 3.63) is 54.0 Å². The smallest absolute Gasteiger partial charge is 0.155 e. The molecule has 1 unspecified atom stereocenters. The summed E-state index contributed by atoms with van der Waals surface area (Å²) in [6.45, 7) is 2.11. The fourth-order valence-corrected chi connectivity index (χ4v) is 2.11. The Morgan fingerprint density at radius 3 is 2.65 bits per heavy atom. The maximum atomic E-state index is 5.64. The van der Waals surface area contributed by atoms with Gasteiger partial charge in [0, 0.05) is 18.4 Å². The fourth-order valence-electron chi connectivity index (χ4n) is 1.96. The zero-order valence-corrected chi connectivity index (χ0v) is 12.2. The van der Waals surface area contributed by atoms with Crippen molar-refractivity contribution >= 4 is 23.0 Å². The van der Waals surface area contributed by atoms with Gasteiger partial charge in [-0.1, -0.05) is 42.5 Å². The first-order valence-corrected chi connectivity index (χ1v) is 6.99. The van der Waals surface area contributed by atoms with E-state index in [1.165, 1.54) is 5.56 Å². The van der Waals surface area contributed by atoms with Crippen molar-refractivity contribution in [1.82, 2.24) is 9.97 Å². The summed E-state index contributed by atoms with van der Waals surface area (Å²) >= 11 is 4.98. The second kappa shape index (κ2) is 6.96. The van der Waals surface area contributed by atoms with Gasteiger partial charge in [-0.3, -0.25) is 0 Å². The van der Waals surface area contributed by atoms with Crippen LogP contribution in [0, 0.1) is 0 Å². The second-order valence-corrected chi connectivity index (χ2v) is 5.13. The van der Waals surface area contributed by atoms with E-state index in [4.69, 9.17) is 18.0 Å².